The second kappa shape index (κ2) is 8.32. The molecule has 10 nitrogen and oxygen atoms in total. The van der Waals surface area contributed by atoms with Gasteiger partial charge in [-0.3, -0.25) is 0 Å². The van der Waals surface area contributed by atoms with Crippen molar-refractivity contribution in [2.45, 2.75) is 67.5 Å². The van der Waals surface area contributed by atoms with Crippen molar-refractivity contribution < 1.29 is 29.2 Å². The highest BCUT2D eigenvalue weighted by Crippen LogP contribution is 2.28. The van der Waals surface area contributed by atoms with E-state index in [2.05, 4.69) is 0 Å². The van der Waals surface area contributed by atoms with Crippen molar-refractivity contribution in [3.63, 3.8) is 0 Å². The summed E-state index contributed by atoms with van der Waals surface area (Å²) in [6, 6.07) is -1.68. The average Bonchev–Trinajstić information content (AvgIpc) is 2.54. The molecular formula is C14H30N4O6. The fraction of sp³-hybridized carbons (Fsp3) is 1.00. The molecule has 1 aliphatic carbocycles. The minimum absolute atomic E-state index is 0.0679. The Kier molecular flexibility index (Phi) is 6.90. The number of ether oxygens (including phenoxy) is 4. The van der Waals surface area contributed by atoms with Gasteiger partial charge in [-0.25, -0.2) is 0 Å². The lowest BCUT2D eigenvalue weighted by Gasteiger charge is -2.47. The molecular weight excluding hydrogens is 320 g/mol. The third kappa shape index (κ3) is 3.73. The largest absolute Gasteiger partial charge is 0.388 e. The first-order valence-corrected chi connectivity index (χ1v) is 8.05. The first kappa shape index (κ1) is 19.9. The molecule has 1 aliphatic heterocycles. The molecule has 24 heavy (non-hydrogen) atoms. The monoisotopic (exact) mass is 350 g/mol. The van der Waals surface area contributed by atoms with Gasteiger partial charge in [0.15, 0.2) is 6.29 Å². The lowest BCUT2D eigenvalue weighted by Crippen LogP contribution is -2.67. The molecule has 0 aromatic carbocycles. The van der Waals surface area contributed by atoms with Crippen LogP contribution < -0.4 is 22.9 Å². The molecule has 0 radical (unpaired) electrons. The number of nitrogens with two attached hydrogens (primary N) is 4. The summed E-state index contributed by atoms with van der Waals surface area (Å²) in [4.78, 5) is 0. The van der Waals surface area contributed by atoms with Crippen molar-refractivity contribution >= 4 is 0 Å². The van der Waals surface area contributed by atoms with Gasteiger partial charge in [0.25, 0.3) is 0 Å². The van der Waals surface area contributed by atoms with Crippen molar-refractivity contribution in [3.05, 3.63) is 0 Å². The lowest BCUT2D eigenvalue weighted by molar-refractivity contribution is -0.291. The van der Waals surface area contributed by atoms with Gasteiger partial charge in [0.05, 0.1) is 6.04 Å². The summed E-state index contributed by atoms with van der Waals surface area (Å²) in [7, 11) is 2.90. The van der Waals surface area contributed by atoms with Gasteiger partial charge in [-0.05, 0) is 6.42 Å². The Labute approximate surface area is 141 Å². The number of aliphatic hydroxyl groups is 2. The van der Waals surface area contributed by atoms with Crippen molar-refractivity contribution in [2.75, 3.05) is 20.8 Å². The Balaban J connectivity index is 2.12. The van der Waals surface area contributed by atoms with Gasteiger partial charge in [-0.2, -0.15) is 0 Å². The van der Waals surface area contributed by atoms with Crippen molar-refractivity contribution in [1.82, 2.24) is 0 Å². The van der Waals surface area contributed by atoms with E-state index in [1.54, 1.807) is 0 Å². The zero-order chi connectivity index (χ0) is 18.0. The van der Waals surface area contributed by atoms with Crippen LogP contribution in [0.4, 0.5) is 0 Å². The van der Waals surface area contributed by atoms with Gasteiger partial charge in [-0.15, -0.1) is 0 Å². The van der Waals surface area contributed by atoms with Crippen molar-refractivity contribution in [1.29, 1.82) is 0 Å². The van der Waals surface area contributed by atoms with E-state index < -0.39 is 61.0 Å². The van der Waals surface area contributed by atoms with E-state index in [1.807, 2.05) is 0 Å². The smallest absolute Gasteiger partial charge is 0.176 e. The second-order valence-electron chi connectivity index (χ2n) is 6.40. The number of aliphatic hydroxyl groups excluding tert-OH is 2. The van der Waals surface area contributed by atoms with Gasteiger partial charge in [-0.1, -0.05) is 0 Å². The van der Waals surface area contributed by atoms with Crippen LogP contribution in [0.5, 0.6) is 0 Å². The zero-order valence-corrected chi connectivity index (χ0v) is 14.0. The van der Waals surface area contributed by atoms with Crippen molar-refractivity contribution in [3.8, 4) is 0 Å². The Morgan fingerprint density at radius 3 is 2.08 bits per heavy atom. The molecule has 0 spiro atoms. The summed E-state index contributed by atoms with van der Waals surface area (Å²) in [5.41, 5.74) is 23.7. The maximum absolute atomic E-state index is 10.5. The fourth-order valence-electron chi connectivity index (χ4n) is 3.48. The molecule has 10 heteroatoms. The molecule has 2 aliphatic rings. The Bertz CT molecular complexity index is 405. The van der Waals surface area contributed by atoms with Crippen LogP contribution in [0.1, 0.15) is 6.42 Å². The predicted molar refractivity (Wildman–Crippen MR) is 84.7 cm³/mol. The third-order valence-corrected chi connectivity index (χ3v) is 4.85. The molecule has 142 valence electrons. The molecule has 2 fully saturated rings. The second-order valence-corrected chi connectivity index (χ2v) is 6.40. The lowest BCUT2D eigenvalue weighted by atomic mass is 9.84. The molecule has 10 unspecified atom stereocenters. The Morgan fingerprint density at radius 2 is 1.54 bits per heavy atom. The average molecular weight is 350 g/mol. The maximum Gasteiger partial charge on any atom is 0.176 e. The van der Waals surface area contributed by atoms with Crippen LogP contribution in [0.3, 0.4) is 0 Å². The molecule has 0 amide bonds. The topological polar surface area (TPSA) is 181 Å². The van der Waals surface area contributed by atoms with E-state index in [0.717, 1.165) is 0 Å². The highest BCUT2D eigenvalue weighted by molar-refractivity contribution is 5.00. The third-order valence-electron chi connectivity index (χ3n) is 4.85. The number of hydrogen-bond acceptors (Lipinski definition) is 10. The van der Waals surface area contributed by atoms with Crippen LogP contribution in [-0.2, 0) is 18.9 Å². The molecule has 0 aromatic rings. The molecule has 10 N–H and O–H groups in total. The summed E-state index contributed by atoms with van der Waals surface area (Å²) in [5, 5.41) is 20.6. The normalized spacial score (nSPS) is 50.0. The molecule has 0 bridgehead atoms. The summed E-state index contributed by atoms with van der Waals surface area (Å²) in [5.74, 6) is 0. The van der Waals surface area contributed by atoms with Gasteiger partial charge in [0.2, 0.25) is 0 Å². The SMILES string of the molecule is COC1C(N)CC(N)C(OC2OC(CN)C(O)C(OC)C2N)C1O. The predicted octanol–water partition coefficient (Wildman–Crippen LogP) is -3.81. The molecule has 0 aromatic heterocycles. The van der Waals surface area contributed by atoms with E-state index in [0.29, 0.717) is 6.42 Å². The van der Waals surface area contributed by atoms with E-state index in [4.69, 9.17) is 41.9 Å². The van der Waals surface area contributed by atoms with Crippen molar-refractivity contribution in [2.24, 2.45) is 22.9 Å². The zero-order valence-electron chi connectivity index (χ0n) is 14.0. The molecule has 1 saturated carbocycles. The summed E-state index contributed by atoms with van der Waals surface area (Å²) in [6.07, 6.45) is -5.33. The molecule has 10 atom stereocenters. The number of rotatable bonds is 5. The van der Waals surface area contributed by atoms with Gasteiger partial charge < -0.3 is 52.1 Å². The van der Waals surface area contributed by atoms with Gasteiger partial charge >= 0.3 is 0 Å². The standard InChI is InChI=1S/C14H30N4O6/c1-21-11-5(16)3-6(17)12(10(11)20)24-14-8(18)13(22-2)9(19)7(4-15)23-14/h5-14,19-20H,3-4,15-18H2,1-2H3. The Morgan fingerprint density at radius 1 is 0.958 bits per heavy atom. The fourth-order valence-corrected chi connectivity index (χ4v) is 3.48. The summed E-state index contributed by atoms with van der Waals surface area (Å²) >= 11 is 0. The van der Waals surface area contributed by atoms with Crippen LogP contribution in [0.25, 0.3) is 0 Å². The van der Waals surface area contributed by atoms with Crippen LogP contribution >= 0.6 is 0 Å². The van der Waals surface area contributed by atoms with Crippen LogP contribution in [-0.4, -0.2) is 92.0 Å². The van der Waals surface area contributed by atoms with Gasteiger partial charge in [0, 0.05) is 32.8 Å². The maximum atomic E-state index is 10.5. The summed E-state index contributed by atoms with van der Waals surface area (Å²) < 4.78 is 22.0. The van der Waals surface area contributed by atoms with E-state index in [9.17, 15) is 10.2 Å². The van der Waals surface area contributed by atoms with Crippen LogP contribution in [0.2, 0.25) is 0 Å². The van der Waals surface area contributed by atoms with E-state index in [-0.39, 0.29) is 6.54 Å². The molecule has 1 saturated heterocycles. The first-order valence-electron chi connectivity index (χ1n) is 8.05. The molecule has 1 heterocycles. The Hall–Kier alpha value is -0.400. The van der Waals surface area contributed by atoms with Crippen LogP contribution in [0.15, 0.2) is 0 Å². The minimum Gasteiger partial charge on any atom is -0.388 e. The van der Waals surface area contributed by atoms with E-state index >= 15 is 0 Å². The highest BCUT2D eigenvalue weighted by atomic mass is 16.7. The molecule has 2 rings (SSSR count). The summed E-state index contributed by atoms with van der Waals surface area (Å²) in [6.45, 7) is 0.0679. The highest BCUT2D eigenvalue weighted by Gasteiger charge is 2.48. The number of hydrogen-bond donors (Lipinski definition) is 6. The van der Waals surface area contributed by atoms with Crippen LogP contribution in [0, 0.1) is 0 Å². The quantitative estimate of drug-likeness (QED) is 0.287. The first-order chi connectivity index (χ1) is 11.3. The minimum atomic E-state index is -1.03. The number of methoxy groups -OCH3 is 2. The van der Waals surface area contributed by atoms with E-state index in [1.165, 1.54) is 14.2 Å². The van der Waals surface area contributed by atoms with Gasteiger partial charge in [0.1, 0.15) is 36.6 Å².